The lowest BCUT2D eigenvalue weighted by atomic mass is 10.1. The highest BCUT2D eigenvalue weighted by atomic mass is 19.1. The molecule has 1 amide bonds. The minimum absolute atomic E-state index is 0.408. The van der Waals surface area contributed by atoms with Gasteiger partial charge in [-0.05, 0) is 24.1 Å². The first-order valence-corrected chi connectivity index (χ1v) is 5.56. The standard InChI is InChI=1S/C12H13FN2O3/c13-8-2-1-7-3-4-15(10(7)5-8)12(18)9(14)6-11(16)17/h1-2,5,9H,3-4,6,14H2,(H,16,17). The van der Waals surface area contributed by atoms with Gasteiger partial charge in [-0.25, -0.2) is 4.39 Å². The number of carboxylic acids is 1. The average molecular weight is 252 g/mol. The van der Waals surface area contributed by atoms with Gasteiger partial charge >= 0.3 is 5.97 Å². The van der Waals surface area contributed by atoms with Crippen LogP contribution in [0.4, 0.5) is 10.1 Å². The quantitative estimate of drug-likeness (QED) is 0.821. The van der Waals surface area contributed by atoms with Crippen molar-refractivity contribution >= 4 is 17.6 Å². The molecule has 1 aliphatic heterocycles. The maximum atomic E-state index is 13.1. The summed E-state index contributed by atoms with van der Waals surface area (Å²) in [5.41, 5.74) is 6.88. The smallest absolute Gasteiger partial charge is 0.305 e. The molecule has 3 N–H and O–H groups in total. The van der Waals surface area contributed by atoms with Crippen molar-refractivity contribution in [1.29, 1.82) is 0 Å². The Morgan fingerprint density at radius 3 is 2.89 bits per heavy atom. The fraction of sp³-hybridized carbons (Fsp3) is 0.333. The number of fused-ring (bicyclic) bond motifs is 1. The molecule has 96 valence electrons. The number of hydrogen-bond acceptors (Lipinski definition) is 3. The number of carboxylic acid groups (broad SMARTS) is 1. The molecule has 1 atom stereocenters. The molecule has 0 aromatic heterocycles. The highest BCUT2D eigenvalue weighted by Gasteiger charge is 2.29. The predicted molar refractivity (Wildman–Crippen MR) is 62.7 cm³/mol. The van der Waals surface area contributed by atoms with E-state index >= 15 is 0 Å². The van der Waals surface area contributed by atoms with E-state index in [2.05, 4.69) is 0 Å². The van der Waals surface area contributed by atoms with Gasteiger partial charge in [-0.3, -0.25) is 9.59 Å². The van der Waals surface area contributed by atoms with Crippen LogP contribution in [-0.4, -0.2) is 29.6 Å². The van der Waals surface area contributed by atoms with Gasteiger partial charge in [0.2, 0.25) is 5.91 Å². The van der Waals surface area contributed by atoms with E-state index in [1.165, 1.54) is 17.0 Å². The van der Waals surface area contributed by atoms with E-state index in [1.54, 1.807) is 6.07 Å². The largest absolute Gasteiger partial charge is 0.481 e. The lowest BCUT2D eigenvalue weighted by molar-refractivity contribution is -0.139. The summed E-state index contributed by atoms with van der Waals surface area (Å²) in [5.74, 6) is -2.04. The van der Waals surface area contributed by atoms with Crippen LogP contribution in [0.15, 0.2) is 18.2 Å². The summed E-state index contributed by atoms with van der Waals surface area (Å²) in [6.07, 6.45) is 0.196. The predicted octanol–water partition coefficient (Wildman–Crippen LogP) is 0.517. The zero-order valence-corrected chi connectivity index (χ0v) is 9.60. The number of hydrogen-bond donors (Lipinski definition) is 2. The number of amides is 1. The molecule has 0 bridgehead atoms. The minimum Gasteiger partial charge on any atom is -0.481 e. The van der Waals surface area contributed by atoms with Gasteiger partial charge in [0.25, 0.3) is 0 Å². The third-order valence-corrected chi connectivity index (χ3v) is 2.92. The van der Waals surface area contributed by atoms with Crippen molar-refractivity contribution in [2.45, 2.75) is 18.9 Å². The maximum Gasteiger partial charge on any atom is 0.305 e. The lowest BCUT2D eigenvalue weighted by Gasteiger charge is -2.20. The topological polar surface area (TPSA) is 83.6 Å². The second-order valence-corrected chi connectivity index (χ2v) is 4.22. The number of anilines is 1. The van der Waals surface area contributed by atoms with Gasteiger partial charge in [0, 0.05) is 12.2 Å². The fourth-order valence-corrected chi connectivity index (χ4v) is 2.06. The number of rotatable bonds is 3. The van der Waals surface area contributed by atoms with Crippen LogP contribution >= 0.6 is 0 Å². The number of nitrogens with two attached hydrogens (primary N) is 1. The highest BCUT2D eigenvalue weighted by molar-refractivity contribution is 6.00. The molecule has 1 aromatic carbocycles. The molecule has 0 aliphatic carbocycles. The Kier molecular flexibility index (Phi) is 3.29. The summed E-state index contributed by atoms with van der Waals surface area (Å²) in [7, 11) is 0. The molecule has 6 heteroatoms. The summed E-state index contributed by atoms with van der Waals surface area (Å²) >= 11 is 0. The van der Waals surface area contributed by atoms with Crippen LogP contribution in [0.25, 0.3) is 0 Å². The molecular weight excluding hydrogens is 239 g/mol. The van der Waals surface area contributed by atoms with Gasteiger partial charge < -0.3 is 15.7 Å². The molecule has 1 unspecified atom stereocenters. The van der Waals surface area contributed by atoms with E-state index in [1.807, 2.05) is 0 Å². The summed E-state index contributed by atoms with van der Waals surface area (Å²) < 4.78 is 13.1. The number of aliphatic carboxylic acids is 1. The number of carbonyl (C=O) groups is 2. The third kappa shape index (κ3) is 2.33. The summed E-state index contributed by atoms with van der Waals surface area (Å²) in [5, 5.41) is 8.60. The molecule has 0 fully saturated rings. The fourth-order valence-electron chi connectivity index (χ4n) is 2.06. The van der Waals surface area contributed by atoms with Crippen LogP contribution in [0.5, 0.6) is 0 Å². The van der Waals surface area contributed by atoms with Gasteiger partial charge in [-0.15, -0.1) is 0 Å². The van der Waals surface area contributed by atoms with Gasteiger partial charge in [-0.1, -0.05) is 6.07 Å². The van der Waals surface area contributed by atoms with Crippen molar-refractivity contribution < 1.29 is 19.1 Å². The van der Waals surface area contributed by atoms with Gasteiger partial charge in [0.05, 0.1) is 12.5 Å². The minimum atomic E-state index is -1.13. The molecule has 0 radical (unpaired) electrons. The van der Waals surface area contributed by atoms with Crippen molar-refractivity contribution in [1.82, 2.24) is 0 Å². The molecule has 0 saturated carbocycles. The normalized spacial score (nSPS) is 15.3. The second-order valence-electron chi connectivity index (χ2n) is 4.22. The summed E-state index contributed by atoms with van der Waals surface area (Å²) in [4.78, 5) is 23.8. The first-order chi connectivity index (χ1) is 8.49. The molecule has 0 spiro atoms. The summed E-state index contributed by atoms with van der Waals surface area (Å²) in [6, 6.07) is 3.13. The van der Waals surface area contributed by atoms with Crippen LogP contribution in [-0.2, 0) is 16.0 Å². The monoisotopic (exact) mass is 252 g/mol. The zero-order chi connectivity index (χ0) is 13.3. The SMILES string of the molecule is NC(CC(=O)O)C(=O)N1CCc2ccc(F)cc21. The first kappa shape index (κ1) is 12.5. The van der Waals surface area contributed by atoms with E-state index in [0.717, 1.165) is 5.56 Å². The third-order valence-electron chi connectivity index (χ3n) is 2.92. The van der Waals surface area contributed by atoms with Crippen molar-refractivity contribution in [2.75, 3.05) is 11.4 Å². The Hall–Kier alpha value is -1.95. The molecule has 0 saturated heterocycles. The number of carbonyl (C=O) groups excluding carboxylic acids is 1. The molecule has 2 rings (SSSR count). The number of halogens is 1. The molecule has 1 aromatic rings. The lowest BCUT2D eigenvalue weighted by Crippen LogP contribution is -2.44. The molecule has 1 heterocycles. The zero-order valence-electron chi connectivity index (χ0n) is 9.60. The Morgan fingerprint density at radius 2 is 2.22 bits per heavy atom. The van der Waals surface area contributed by atoms with Crippen LogP contribution in [0.2, 0.25) is 0 Å². The van der Waals surface area contributed by atoms with Gasteiger partial charge in [0.15, 0.2) is 0 Å². The molecular formula is C12H13FN2O3. The van der Waals surface area contributed by atoms with Crippen molar-refractivity contribution in [3.05, 3.63) is 29.6 Å². The Balaban J connectivity index is 2.20. The first-order valence-electron chi connectivity index (χ1n) is 5.56. The van der Waals surface area contributed by atoms with Gasteiger partial charge in [-0.2, -0.15) is 0 Å². The molecule has 5 nitrogen and oxygen atoms in total. The van der Waals surface area contributed by atoms with Gasteiger partial charge in [0.1, 0.15) is 5.82 Å². The molecule has 1 aliphatic rings. The van der Waals surface area contributed by atoms with Crippen LogP contribution < -0.4 is 10.6 Å². The molecule has 18 heavy (non-hydrogen) atoms. The van der Waals surface area contributed by atoms with E-state index in [9.17, 15) is 14.0 Å². The van der Waals surface area contributed by atoms with E-state index in [-0.39, 0.29) is 0 Å². The van der Waals surface area contributed by atoms with E-state index in [0.29, 0.717) is 18.7 Å². The number of nitrogens with zero attached hydrogens (tertiary/aromatic N) is 1. The van der Waals surface area contributed by atoms with E-state index < -0.39 is 30.2 Å². The highest BCUT2D eigenvalue weighted by Crippen LogP contribution is 2.29. The second kappa shape index (κ2) is 4.73. The Morgan fingerprint density at radius 1 is 1.50 bits per heavy atom. The van der Waals surface area contributed by atoms with Crippen molar-refractivity contribution in [2.24, 2.45) is 5.73 Å². The van der Waals surface area contributed by atoms with Crippen LogP contribution in [0, 0.1) is 5.82 Å². The van der Waals surface area contributed by atoms with Crippen LogP contribution in [0.3, 0.4) is 0 Å². The summed E-state index contributed by atoms with van der Waals surface area (Å²) in [6.45, 7) is 0.408. The Labute approximate surface area is 103 Å². The van der Waals surface area contributed by atoms with E-state index in [4.69, 9.17) is 10.8 Å². The van der Waals surface area contributed by atoms with Crippen molar-refractivity contribution in [3.63, 3.8) is 0 Å². The number of benzene rings is 1. The van der Waals surface area contributed by atoms with Crippen LogP contribution in [0.1, 0.15) is 12.0 Å². The Bertz CT molecular complexity index is 504. The average Bonchev–Trinajstić information content (AvgIpc) is 2.69. The van der Waals surface area contributed by atoms with Crippen molar-refractivity contribution in [3.8, 4) is 0 Å². The maximum absolute atomic E-state index is 13.1.